The molecule has 134 valence electrons. The first-order valence-corrected chi connectivity index (χ1v) is 8.90. The number of unbranched alkanes of at least 4 members (excludes halogenated alkanes) is 1. The molecule has 1 aromatic carbocycles. The maximum atomic E-state index is 5.90. The molecule has 1 aromatic rings. The van der Waals surface area contributed by atoms with Gasteiger partial charge in [0.15, 0.2) is 11.5 Å². The molecule has 0 aliphatic carbocycles. The summed E-state index contributed by atoms with van der Waals surface area (Å²) in [4.78, 5) is 2.49. The van der Waals surface area contributed by atoms with Crippen LogP contribution in [-0.4, -0.2) is 50.5 Å². The first kappa shape index (κ1) is 18.8. The molecular weight excluding hydrogens is 302 g/mol. The van der Waals surface area contributed by atoms with E-state index in [1.807, 2.05) is 18.2 Å². The van der Waals surface area contributed by atoms with Crippen molar-refractivity contribution in [1.82, 2.24) is 4.90 Å². The number of benzene rings is 1. The van der Waals surface area contributed by atoms with Crippen LogP contribution in [0.4, 0.5) is 0 Å². The minimum absolute atomic E-state index is 0.336. The predicted molar refractivity (Wildman–Crippen MR) is 98.1 cm³/mol. The molecule has 4 heteroatoms. The topological polar surface area (TPSA) is 30.9 Å². The van der Waals surface area contributed by atoms with Gasteiger partial charge in [0.2, 0.25) is 0 Å². The average molecular weight is 333 g/mol. The van der Waals surface area contributed by atoms with E-state index in [1.54, 1.807) is 7.11 Å². The number of ether oxygens (including phenoxy) is 3. The summed E-state index contributed by atoms with van der Waals surface area (Å²) in [6, 6.07) is 6.08. The van der Waals surface area contributed by atoms with Gasteiger partial charge in [-0.15, -0.1) is 6.58 Å². The van der Waals surface area contributed by atoms with E-state index >= 15 is 0 Å². The zero-order chi connectivity index (χ0) is 17.4. The van der Waals surface area contributed by atoms with Gasteiger partial charge in [0.05, 0.1) is 25.9 Å². The van der Waals surface area contributed by atoms with Crippen molar-refractivity contribution >= 4 is 0 Å². The van der Waals surface area contributed by atoms with Crippen LogP contribution >= 0.6 is 0 Å². The van der Waals surface area contributed by atoms with E-state index in [-0.39, 0.29) is 0 Å². The van der Waals surface area contributed by atoms with Crippen molar-refractivity contribution in [2.75, 3.05) is 33.4 Å². The molecule has 2 atom stereocenters. The maximum Gasteiger partial charge on any atom is 0.161 e. The van der Waals surface area contributed by atoms with Gasteiger partial charge >= 0.3 is 0 Å². The molecule has 0 N–H and O–H groups in total. The highest BCUT2D eigenvalue weighted by Crippen LogP contribution is 2.28. The van der Waals surface area contributed by atoms with Crippen molar-refractivity contribution in [3.8, 4) is 11.5 Å². The summed E-state index contributed by atoms with van der Waals surface area (Å²) >= 11 is 0. The number of methoxy groups -OCH3 is 1. The van der Waals surface area contributed by atoms with Crippen LogP contribution in [0.5, 0.6) is 11.5 Å². The van der Waals surface area contributed by atoms with Gasteiger partial charge in [0.1, 0.15) is 0 Å². The molecule has 0 aromatic heterocycles. The smallest absolute Gasteiger partial charge is 0.161 e. The Kier molecular flexibility index (Phi) is 7.60. The second kappa shape index (κ2) is 9.70. The van der Waals surface area contributed by atoms with Gasteiger partial charge in [0.25, 0.3) is 0 Å². The second-order valence-electron chi connectivity index (χ2n) is 6.55. The van der Waals surface area contributed by atoms with Crippen LogP contribution in [0.15, 0.2) is 30.9 Å². The number of allylic oxidation sites excluding steroid dienone is 1. The normalized spacial score (nSPS) is 21.5. The van der Waals surface area contributed by atoms with Crippen LogP contribution in [-0.2, 0) is 11.2 Å². The standard InChI is InChI=1S/C20H31NO3/c1-5-8-18-9-10-19(20(13-18)22-4)23-12-7-6-11-21-14-16(2)24-17(3)15-21/h5,9-10,13,16-17H,1,6-8,11-12,14-15H2,2-4H3/t16-,17-/m0/s1. The monoisotopic (exact) mass is 333 g/mol. The summed E-state index contributed by atoms with van der Waals surface area (Å²) in [6.07, 6.45) is 5.58. The number of nitrogens with zero attached hydrogens (tertiary/aromatic N) is 1. The molecule has 1 saturated heterocycles. The molecule has 0 unspecified atom stereocenters. The van der Waals surface area contributed by atoms with E-state index < -0.39 is 0 Å². The quantitative estimate of drug-likeness (QED) is 0.509. The Labute approximate surface area is 146 Å². The zero-order valence-electron chi connectivity index (χ0n) is 15.3. The lowest BCUT2D eigenvalue weighted by atomic mass is 10.1. The molecule has 4 nitrogen and oxygen atoms in total. The molecular formula is C20H31NO3. The van der Waals surface area contributed by atoms with Crippen LogP contribution in [0.25, 0.3) is 0 Å². The van der Waals surface area contributed by atoms with Gasteiger partial charge in [-0.2, -0.15) is 0 Å². The fraction of sp³-hybridized carbons (Fsp3) is 0.600. The molecule has 1 aliphatic heterocycles. The van der Waals surface area contributed by atoms with E-state index in [9.17, 15) is 0 Å². The summed E-state index contributed by atoms with van der Waals surface area (Å²) in [7, 11) is 1.68. The van der Waals surface area contributed by atoms with E-state index in [4.69, 9.17) is 14.2 Å². The Morgan fingerprint density at radius 3 is 2.62 bits per heavy atom. The lowest BCUT2D eigenvalue weighted by Crippen LogP contribution is -2.45. The van der Waals surface area contributed by atoms with Gasteiger partial charge in [-0.3, -0.25) is 4.90 Å². The molecule has 0 spiro atoms. The summed E-state index contributed by atoms with van der Waals surface area (Å²) in [5.41, 5.74) is 1.18. The Morgan fingerprint density at radius 2 is 1.96 bits per heavy atom. The fourth-order valence-corrected chi connectivity index (χ4v) is 3.21. The molecule has 1 aliphatic rings. The first-order chi connectivity index (χ1) is 11.6. The Balaban J connectivity index is 1.71. The van der Waals surface area contributed by atoms with Crippen molar-refractivity contribution in [2.45, 2.75) is 45.3 Å². The van der Waals surface area contributed by atoms with Crippen LogP contribution in [0.2, 0.25) is 0 Å². The van der Waals surface area contributed by atoms with Crippen LogP contribution in [0, 0.1) is 0 Å². The molecule has 2 rings (SSSR count). The average Bonchev–Trinajstić information content (AvgIpc) is 2.55. The minimum Gasteiger partial charge on any atom is -0.493 e. The van der Waals surface area contributed by atoms with E-state index in [0.29, 0.717) is 18.8 Å². The third-order valence-electron chi connectivity index (χ3n) is 4.23. The number of rotatable bonds is 9. The van der Waals surface area contributed by atoms with Gasteiger partial charge in [0, 0.05) is 13.1 Å². The molecule has 0 amide bonds. The highest BCUT2D eigenvalue weighted by molar-refractivity contribution is 5.43. The van der Waals surface area contributed by atoms with E-state index in [1.165, 1.54) is 5.56 Å². The van der Waals surface area contributed by atoms with Crippen LogP contribution in [0.3, 0.4) is 0 Å². The third-order valence-corrected chi connectivity index (χ3v) is 4.23. The predicted octanol–water partition coefficient (Wildman–Crippen LogP) is 3.69. The third kappa shape index (κ3) is 5.84. The Morgan fingerprint density at radius 1 is 1.21 bits per heavy atom. The molecule has 0 bridgehead atoms. The van der Waals surface area contributed by atoms with E-state index in [0.717, 1.165) is 50.4 Å². The minimum atomic E-state index is 0.336. The lowest BCUT2D eigenvalue weighted by molar-refractivity contribution is -0.0682. The van der Waals surface area contributed by atoms with Gasteiger partial charge in [-0.05, 0) is 57.4 Å². The highest BCUT2D eigenvalue weighted by Gasteiger charge is 2.21. The summed E-state index contributed by atoms with van der Waals surface area (Å²) in [5.74, 6) is 1.61. The fourth-order valence-electron chi connectivity index (χ4n) is 3.21. The highest BCUT2D eigenvalue weighted by atomic mass is 16.5. The largest absolute Gasteiger partial charge is 0.493 e. The summed E-state index contributed by atoms with van der Waals surface area (Å²) < 4.78 is 17.1. The van der Waals surface area contributed by atoms with E-state index in [2.05, 4.69) is 31.4 Å². The first-order valence-electron chi connectivity index (χ1n) is 8.90. The molecule has 1 fully saturated rings. The Hall–Kier alpha value is -1.52. The summed E-state index contributed by atoms with van der Waals surface area (Å²) in [5, 5.41) is 0. The van der Waals surface area contributed by atoms with Gasteiger partial charge in [-0.1, -0.05) is 12.1 Å². The molecule has 0 radical (unpaired) electrons. The van der Waals surface area contributed by atoms with Crippen molar-refractivity contribution in [1.29, 1.82) is 0 Å². The molecule has 1 heterocycles. The van der Waals surface area contributed by atoms with Crippen LogP contribution in [0.1, 0.15) is 32.3 Å². The van der Waals surface area contributed by atoms with Crippen molar-refractivity contribution in [3.05, 3.63) is 36.4 Å². The SMILES string of the molecule is C=CCc1ccc(OCCCCN2C[C@H](C)O[C@@H](C)C2)c(OC)c1. The summed E-state index contributed by atoms with van der Waals surface area (Å²) in [6.45, 7) is 11.9. The Bertz CT molecular complexity index is 508. The van der Waals surface area contributed by atoms with Crippen molar-refractivity contribution < 1.29 is 14.2 Å². The zero-order valence-corrected chi connectivity index (χ0v) is 15.3. The number of hydrogen-bond acceptors (Lipinski definition) is 4. The van der Waals surface area contributed by atoms with Crippen LogP contribution < -0.4 is 9.47 Å². The number of morpholine rings is 1. The van der Waals surface area contributed by atoms with Crippen molar-refractivity contribution in [3.63, 3.8) is 0 Å². The van der Waals surface area contributed by atoms with Gasteiger partial charge in [-0.25, -0.2) is 0 Å². The van der Waals surface area contributed by atoms with Crippen molar-refractivity contribution in [2.24, 2.45) is 0 Å². The number of hydrogen-bond donors (Lipinski definition) is 0. The second-order valence-corrected chi connectivity index (χ2v) is 6.55. The molecule has 24 heavy (non-hydrogen) atoms. The molecule has 0 saturated carbocycles. The maximum absolute atomic E-state index is 5.90. The van der Waals surface area contributed by atoms with Gasteiger partial charge < -0.3 is 14.2 Å². The lowest BCUT2D eigenvalue weighted by Gasteiger charge is -2.35.